The van der Waals surface area contributed by atoms with Gasteiger partial charge in [0.2, 0.25) is 0 Å². The Balaban J connectivity index is 2.99. The fourth-order valence-electron chi connectivity index (χ4n) is 1.24. The monoisotopic (exact) mass is 293 g/mol. The highest BCUT2D eigenvalue weighted by Crippen LogP contribution is 2.24. The molecule has 0 bridgehead atoms. The van der Waals surface area contributed by atoms with Crippen molar-refractivity contribution in [1.82, 2.24) is 0 Å². The van der Waals surface area contributed by atoms with E-state index in [-0.39, 0.29) is 16.3 Å². The summed E-state index contributed by atoms with van der Waals surface area (Å²) in [5, 5.41) is 18.8. The first-order valence-electron chi connectivity index (χ1n) is 4.56. The average molecular weight is 294 g/mol. The largest absolute Gasteiger partial charge is 0.480 e. The molecule has 0 saturated carbocycles. The van der Waals surface area contributed by atoms with Gasteiger partial charge >= 0.3 is 5.97 Å². The zero-order chi connectivity index (χ0) is 13.9. The van der Waals surface area contributed by atoms with Gasteiger partial charge < -0.3 is 5.11 Å². The molecule has 98 valence electrons. The van der Waals surface area contributed by atoms with Crippen LogP contribution in [0.1, 0.15) is 5.56 Å². The molecule has 1 rings (SSSR count). The lowest BCUT2D eigenvalue weighted by Gasteiger charge is -2.04. The molecule has 0 radical (unpaired) electrons. The van der Waals surface area contributed by atoms with Gasteiger partial charge in [0.1, 0.15) is 5.75 Å². The maximum Gasteiger partial charge on any atom is 0.318 e. The average Bonchev–Trinajstić information content (AvgIpc) is 2.18. The van der Waals surface area contributed by atoms with Crippen molar-refractivity contribution in [3.05, 3.63) is 38.9 Å². The van der Waals surface area contributed by atoms with Crippen LogP contribution in [0.25, 0.3) is 0 Å². The number of hydrogen-bond acceptors (Lipinski definition) is 5. The number of rotatable bonds is 5. The number of carboxylic acids is 1. The first-order valence-corrected chi connectivity index (χ1v) is 6.76. The minimum atomic E-state index is -3.84. The van der Waals surface area contributed by atoms with E-state index in [2.05, 4.69) is 0 Å². The summed E-state index contributed by atoms with van der Waals surface area (Å²) >= 11 is 5.70. The minimum Gasteiger partial charge on any atom is -0.480 e. The topological polar surface area (TPSA) is 115 Å². The van der Waals surface area contributed by atoms with E-state index in [0.29, 0.717) is 0 Å². The summed E-state index contributed by atoms with van der Waals surface area (Å²) in [7, 11) is -3.84. The molecular weight excluding hydrogens is 286 g/mol. The van der Waals surface area contributed by atoms with Gasteiger partial charge in [-0.3, -0.25) is 14.9 Å². The normalized spacial score (nSPS) is 11.2. The Morgan fingerprint density at radius 3 is 2.50 bits per heavy atom. The second kappa shape index (κ2) is 5.32. The summed E-state index contributed by atoms with van der Waals surface area (Å²) in [6.45, 7) is 0. The van der Waals surface area contributed by atoms with Gasteiger partial charge in [0.05, 0.1) is 15.7 Å². The highest BCUT2D eigenvalue weighted by atomic mass is 35.5. The number of aliphatic carboxylic acids is 1. The van der Waals surface area contributed by atoms with Crippen LogP contribution in [0.3, 0.4) is 0 Å². The number of hydrogen-bond donors (Lipinski definition) is 1. The smallest absolute Gasteiger partial charge is 0.318 e. The molecule has 0 aliphatic rings. The van der Waals surface area contributed by atoms with Crippen molar-refractivity contribution in [1.29, 1.82) is 0 Å². The fourth-order valence-corrected chi connectivity index (χ4v) is 2.77. The molecular formula is C9H8ClNO6S. The van der Waals surface area contributed by atoms with E-state index in [4.69, 9.17) is 16.7 Å². The number of non-ortho nitro benzene ring substituents is 1. The Labute approximate surface area is 107 Å². The van der Waals surface area contributed by atoms with Crippen LogP contribution in [0.4, 0.5) is 5.69 Å². The van der Waals surface area contributed by atoms with Crippen molar-refractivity contribution in [3.63, 3.8) is 0 Å². The van der Waals surface area contributed by atoms with Crippen molar-refractivity contribution in [2.45, 2.75) is 5.75 Å². The van der Waals surface area contributed by atoms with Crippen LogP contribution >= 0.6 is 11.6 Å². The van der Waals surface area contributed by atoms with E-state index in [0.717, 1.165) is 12.1 Å². The van der Waals surface area contributed by atoms with Crippen LogP contribution in [0.15, 0.2) is 18.2 Å². The van der Waals surface area contributed by atoms with Crippen LogP contribution < -0.4 is 0 Å². The molecule has 1 N–H and O–H groups in total. The number of carboxylic acid groups (broad SMARTS) is 1. The van der Waals surface area contributed by atoms with Crippen molar-refractivity contribution in [2.24, 2.45) is 0 Å². The maximum absolute atomic E-state index is 11.4. The summed E-state index contributed by atoms with van der Waals surface area (Å²) in [6.07, 6.45) is 0. The van der Waals surface area contributed by atoms with Gasteiger partial charge in [-0.2, -0.15) is 0 Å². The van der Waals surface area contributed by atoms with Crippen molar-refractivity contribution in [2.75, 3.05) is 5.75 Å². The highest BCUT2D eigenvalue weighted by molar-refractivity contribution is 7.91. The van der Waals surface area contributed by atoms with Gasteiger partial charge in [-0.1, -0.05) is 11.6 Å². The van der Waals surface area contributed by atoms with Crippen molar-refractivity contribution >= 4 is 33.1 Å². The number of benzene rings is 1. The third-order valence-electron chi connectivity index (χ3n) is 1.97. The lowest BCUT2D eigenvalue weighted by atomic mass is 10.2. The van der Waals surface area contributed by atoms with Gasteiger partial charge in [-0.25, -0.2) is 8.42 Å². The maximum atomic E-state index is 11.4. The van der Waals surface area contributed by atoms with Crippen molar-refractivity contribution in [3.8, 4) is 0 Å². The van der Waals surface area contributed by atoms with E-state index in [1.54, 1.807) is 0 Å². The third-order valence-corrected chi connectivity index (χ3v) is 3.76. The molecule has 0 aliphatic carbocycles. The predicted molar refractivity (Wildman–Crippen MR) is 63.2 cm³/mol. The van der Waals surface area contributed by atoms with Gasteiger partial charge in [0.25, 0.3) is 5.69 Å². The molecule has 1 aromatic rings. The molecule has 0 spiro atoms. The predicted octanol–water partition coefficient (Wildman–Crippen LogP) is 1.25. The fraction of sp³-hybridized carbons (Fsp3) is 0.222. The SMILES string of the molecule is O=C(O)CS(=O)(=O)Cc1ccc([N+](=O)[O-])cc1Cl. The number of nitro groups is 1. The highest BCUT2D eigenvalue weighted by Gasteiger charge is 2.19. The zero-order valence-corrected chi connectivity index (χ0v) is 10.4. The Morgan fingerprint density at radius 2 is 2.06 bits per heavy atom. The summed E-state index contributed by atoms with van der Waals surface area (Å²) in [5.74, 6) is -3.05. The van der Waals surface area contributed by atoms with Gasteiger partial charge in [-0.15, -0.1) is 0 Å². The second-order valence-electron chi connectivity index (χ2n) is 3.46. The molecule has 7 nitrogen and oxygen atoms in total. The van der Waals surface area contributed by atoms with E-state index in [1.807, 2.05) is 0 Å². The summed E-state index contributed by atoms with van der Waals surface area (Å²) < 4.78 is 22.8. The molecule has 9 heteroatoms. The van der Waals surface area contributed by atoms with E-state index < -0.39 is 32.2 Å². The van der Waals surface area contributed by atoms with E-state index >= 15 is 0 Å². The third kappa shape index (κ3) is 3.97. The second-order valence-corrected chi connectivity index (χ2v) is 5.93. The first-order chi connectivity index (χ1) is 8.21. The summed E-state index contributed by atoms with van der Waals surface area (Å²) in [5.41, 5.74) is -0.136. The van der Waals surface area contributed by atoms with Gasteiger partial charge in [0.15, 0.2) is 9.84 Å². The Morgan fingerprint density at radius 1 is 1.44 bits per heavy atom. The zero-order valence-electron chi connectivity index (χ0n) is 8.87. The molecule has 0 aliphatic heterocycles. The Hall–Kier alpha value is -1.67. The molecule has 0 fully saturated rings. The molecule has 0 aromatic heterocycles. The van der Waals surface area contributed by atoms with E-state index in [1.165, 1.54) is 6.07 Å². The lowest BCUT2D eigenvalue weighted by molar-refractivity contribution is -0.384. The van der Waals surface area contributed by atoms with E-state index in [9.17, 15) is 23.3 Å². The molecule has 0 atom stereocenters. The van der Waals surface area contributed by atoms with Crippen molar-refractivity contribution < 1.29 is 23.2 Å². The van der Waals surface area contributed by atoms with Gasteiger partial charge in [0, 0.05) is 12.1 Å². The van der Waals surface area contributed by atoms with Crippen LogP contribution in [0, 0.1) is 10.1 Å². The molecule has 0 amide bonds. The molecule has 0 heterocycles. The van der Waals surface area contributed by atoms with Crippen LogP contribution in [-0.2, 0) is 20.4 Å². The lowest BCUT2D eigenvalue weighted by Crippen LogP contribution is -2.17. The summed E-state index contributed by atoms with van der Waals surface area (Å²) in [6, 6.07) is 3.32. The quantitative estimate of drug-likeness (QED) is 0.645. The standard InChI is InChI=1S/C9H8ClNO6S/c10-8-3-7(11(14)15)2-1-6(8)4-18(16,17)5-9(12)13/h1-3H,4-5H2,(H,12,13). The minimum absolute atomic E-state index is 0.0850. The molecule has 1 aromatic carbocycles. The Kier molecular flexibility index (Phi) is 4.25. The van der Waals surface area contributed by atoms with Crippen LogP contribution in [-0.4, -0.2) is 30.2 Å². The molecule has 18 heavy (non-hydrogen) atoms. The first kappa shape index (κ1) is 14.4. The molecule has 0 unspecified atom stereocenters. The number of carbonyl (C=O) groups is 1. The van der Waals surface area contributed by atoms with Crippen LogP contribution in [0.2, 0.25) is 5.02 Å². The summed E-state index contributed by atoms with van der Waals surface area (Å²) in [4.78, 5) is 20.1. The Bertz CT molecular complexity index is 597. The number of nitro benzene ring substituents is 1. The number of sulfone groups is 1. The van der Waals surface area contributed by atoms with Gasteiger partial charge in [-0.05, 0) is 11.6 Å². The number of nitrogens with zero attached hydrogens (tertiary/aromatic N) is 1. The van der Waals surface area contributed by atoms with Crippen LogP contribution in [0.5, 0.6) is 0 Å². The number of halogens is 1. The molecule has 0 saturated heterocycles.